The molecule has 130 valence electrons. The number of amides is 2. The number of pyridine rings is 1. The van der Waals surface area contributed by atoms with Crippen molar-refractivity contribution in [2.24, 2.45) is 0 Å². The van der Waals surface area contributed by atoms with Crippen molar-refractivity contribution < 1.29 is 14.3 Å². The van der Waals surface area contributed by atoms with Crippen molar-refractivity contribution in [2.75, 3.05) is 31.3 Å². The number of nitrogens with two attached hydrogens (primary N) is 1. The zero-order valence-corrected chi connectivity index (χ0v) is 14.4. The number of hydrogen-bond donors (Lipinski definition) is 2. The van der Waals surface area contributed by atoms with E-state index in [0.29, 0.717) is 29.8 Å². The van der Waals surface area contributed by atoms with Crippen LogP contribution in [0.25, 0.3) is 11.1 Å². The van der Waals surface area contributed by atoms with Crippen molar-refractivity contribution in [2.45, 2.75) is 13.3 Å². The molecule has 1 aliphatic rings. The number of ether oxygens (including phenoxy) is 1. The molecule has 0 aliphatic carbocycles. The summed E-state index contributed by atoms with van der Waals surface area (Å²) < 4.78 is 5.64. The maximum absolute atomic E-state index is 12.3. The van der Waals surface area contributed by atoms with Crippen LogP contribution in [0.4, 0.5) is 11.5 Å². The smallest absolute Gasteiger partial charge is 0.255 e. The van der Waals surface area contributed by atoms with E-state index in [0.717, 1.165) is 11.3 Å². The summed E-state index contributed by atoms with van der Waals surface area (Å²) in [7, 11) is 3.09. The summed E-state index contributed by atoms with van der Waals surface area (Å²) in [5.74, 6) is 0.407. The Labute approximate surface area is 145 Å². The molecule has 0 fully saturated rings. The van der Waals surface area contributed by atoms with E-state index >= 15 is 0 Å². The molecule has 7 heteroatoms. The minimum Gasteiger partial charge on any atom is -0.494 e. The summed E-state index contributed by atoms with van der Waals surface area (Å²) in [6, 6.07) is 5.47. The van der Waals surface area contributed by atoms with Crippen LogP contribution in [0.2, 0.25) is 0 Å². The molecule has 1 aliphatic heterocycles. The van der Waals surface area contributed by atoms with Crippen LogP contribution in [-0.4, -0.2) is 37.5 Å². The molecule has 0 radical (unpaired) electrons. The number of methoxy groups -OCH3 is 1. The van der Waals surface area contributed by atoms with Crippen LogP contribution in [-0.2, 0) is 11.2 Å². The zero-order valence-electron chi connectivity index (χ0n) is 14.4. The molecule has 1 aromatic carbocycles. The van der Waals surface area contributed by atoms with Crippen LogP contribution < -0.4 is 20.7 Å². The minimum atomic E-state index is -0.327. The molecule has 0 saturated carbocycles. The van der Waals surface area contributed by atoms with Gasteiger partial charge in [0.25, 0.3) is 5.91 Å². The first-order valence-corrected chi connectivity index (χ1v) is 8.00. The monoisotopic (exact) mass is 340 g/mol. The summed E-state index contributed by atoms with van der Waals surface area (Å²) in [6.45, 7) is 2.46. The second-order valence-electron chi connectivity index (χ2n) is 5.67. The van der Waals surface area contributed by atoms with E-state index in [1.807, 2.05) is 19.1 Å². The van der Waals surface area contributed by atoms with Crippen LogP contribution in [0, 0.1) is 0 Å². The number of nitrogens with one attached hydrogen (secondary N) is 1. The fraction of sp³-hybridized carbons (Fsp3) is 0.278. The number of aromatic nitrogens is 1. The van der Waals surface area contributed by atoms with Crippen LogP contribution in [0.15, 0.2) is 24.4 Å². The van der Waals surface area contributed by atoms with Gasteiger partial charge in [0.1, 0.15) is 5.82 Å². The van der Waals surface area contributed by atoms with Crippen molar-refractivity contribution in [3.63, 3.8) is 0 Å². The Bertz CT molecular complexity index is 864. The lowest BCUT2D eigenvalue weighted by molar-refractivity contribution is -0.117. The van der Waals surface area contributed by atoms with Gasteiger partial charge in [0.05, 0.1) is 24.8 Å². The fourth-order valence-electron chi connectivity index (χ4n) is 3.25. The number of anilines is 2. The number of rotatable bonds is 4. The van der Waals surface area contributed by atoms with E-state index in [1.165, 1.54) is 7.05 Å². The topological polar surface area (TPSA) is 97.5 Å². The largest absolute Gasteiger partial charge is 0.494 e. The molecular weight excluding hydrogens is 320 g/mol. The quantitative estimate of drug-likeness (QED) is 0.881. The van der Waals surface area contributed by atoms with Crippen LogP contribution in [0.5, 0.6) is 5.75 Å². The number of hydrogen-bond acceptors (Lipinski definition) is 5. The maximum atomic E-state index is 12.3. The van der Waals surface area contributed by atoms with E-state index < -0.39 is 0 Å². The van der Waals surface area contributed by atoms with Crippen LogP contribution in [0.3, 0.4) is 0 Å². The first kappa shape index (κ1) is 16.8. The van der Waals surface area contributed by atoms with Gasteiger partial charge in [-0.15, -0.1) is 0 Å². The van der Waals surface area contributed by atoms with Gasteiger partial charge in [0, 0.05) is 30.9 Å². The van der Waals surface area contributed by atoms with Crippen molar-refractivity contribution in [1.82, 2.24) is 10.3 Å². The average Bonchev–Trinajstić information content (AvgIpc) is 2.95. The van der Waals surface area contributed by atoms with Gasteiger partial charge in [-0.3, -0.25) is 9.59 Å². The second kappa shape index (κ2) is 6.43. The fourth-order valence-corrected chi connectivity index (χ4v) is 3.25. The zero-order chi connectivity index (χ0) is 18.1. The maximum Gasteiger partial charge on any atom is 0.255 e. The highest BCUT2D eigenvalue weighted by Crippen LogP contribution is 2.45. The van der Waals surface area contributed by atoms with Gasteiger partial charge in [-0.2, -0.15) is 0 Å². The molecule has 3 rings (SSSR count). The van der Waals surface area contributed by atoms with Gasteiger partial charge in [0.2, 0.25) is 5.91 Å². The summed E-state index contributed by atoms with van der Waals surface area (Å²) in [5, 5.41) is 2.58. The van der Waals surface area contributed by atoms with E-state index in [-0.39, 0.29) is 23.2 Å². The summed E-state index contributed by atoms with van der Waals surface area (Å²) in [6.07, 6.45) is 1.90. The Balaban J connectivity index is 2.28. The Kier molecular flexibility index (Phi) is 4.31. The van der Waals surface area contributed by atoms with E-state index in [2.05, 4.69) is 10.3 Å². The van der Waals surface area contributed by atoms with Crippen molar-refractivity contribution in [3.8, 4) is 16.9 Å². The Morgan fingerprint density at radius 1 is 1.36 bits per heavy atom. The van der Waals surface area contributed by atoms with Gasteiger partial charge in [-0.25, -0.2) is 4.98 Å². The number of nitrogen functional groups attached to an aromatic ring is 1. The summed E-state index contributed by atoms with van der Waals surface area (Å²) in [5.41, 5.74) is 9.20. The van der Waals surface area contributed by atoms with Gasteiger partial charge in [-0.1, -0.05) is 12.1 Å². The van der Waals surface area contributed by atoms with E-state index in [1.54, 1.807) is 24.3 Å². The first-order valence-electron chi connectivity index (χ1n) is 8.00. The molecular formula is C18H20N4O3. The third-order valence-electron chi connectivity index (χ3n) is 4.37. The number of carbonyl (C=O) groups excluding carboxylic acids is 2. The Morgan fingerprint density at radius 2 is 2.12 bits per heavy atom. The molecule has 0 saturated heterocycles. The van der Waals surface area contributed by atoms with Gasteiger partial charge >= 0.3 is 0 Å². The number of fused-ring (bicyclic) bond motifs is 1. The van der Waals surface area contributed by atoms with E-state index in [4.69, 9.17) is 10.5 Å². The lowest BCUT2D eigenvalue weighted by Gasteiger charge is -2.21. The van der Waals surface area contributed by atoms with Gasteiger partial charge in [0.15, 0.2) is 5.75 Å². The van der Waals surface area contributed by atoms with Crippen molar-refractivity contribution in [1.29, 1.82) is 0 Å². The Morgan fingerprint density at radius 3 is 2.76 bits per heavy atom. The molecule has 2 amide bonds. The average molecular weight is 340 g/mol. The predicted molar refractivity (Wildman–Crippen MR) is 95.8 cm³/mol. The predicted octanol–water partition coefficient (Wildman–Crippen LogP) is 1.61. The van der Waals surface area contributed by atoms with Crippen LogP contribution >= 0.6 is 0 Å². The standard InChI is InChI=1S/C18H20N4O3/c1-4-22-13(23)9-10-5-6-12(16(25-3)15(10)22)11-7-8-21-17(19)14(11)18(24)20-2/h5-8H,4,9H2,1-3H3,(H2,19,21)(H,20,24). The lowest BCUT2D eigenvalue weighted by atomic mass is 9.96. The third kappa shape index (κ3) is 2.57. The lowest BCUT2D eigenvalue weighted by Crippen LogP contribution is -2.26. The summed E-state index contributed by atoms with van der Waals surface area (Å²) in [4.78, 5) is 30.2. The molecule has 2 heterocycles. The second-order valence-corrected chi connectivity index (χ2v) is 5.67. The third-order valence-corrected chi connectivity index (χ3v) is 4.37. The van der Waals surface area contributed by atoms with Crippen molar-refractivity contribution in [3.05, 3.63) is 35.5 Å². The SMILES string of the molecule is CCN1C(=O)Cc2ccc(-c3ccnc(N)c3C(=O)NC)c(OC)c21. The van der Waals surface area contributed by atoms with E-state index in [9.17, 15) is 9.59 Å². The molecule has 25 heavy (non-hydrogen) atoms. The molecule has 0 unspecified atom stereocenters. The van der Waals surface area contributed by atoms with Gasteiger partial charge < -0.3 is 20.7 Å². The molecule has 7 nitrogen and oxygen atoms in total. The van der Waals surface area contributed by atoms with Crippen molar-refractivity contribution >= 4 is 23.3 Å². The molecule has 1 aromatic heterocycles. The number of likely N-dealkylation sites (N-methyl/N-ethyl adjacent to an activating group) is 1. The first-order chi connectivity index (χ1) is 12.0. The minimum absolute atomic E-state index is 0.0358. The Hall–Kier alpha value is -3.09. The molecule has 3 N–H and O–H groups in total. The van der Waals surface area contributed by atoms with Crippen LogP contribution in [0.1, 0.15) is 22.8 Å². The number of benzene rings is 1. The number of nitrogens with zero attached hydrogens (tertiary/aromatic N) is 2. The molecule has 2 aromatic rings. The molecule has 0 atom stereocenters. The molecule has 0 bridgehead atoms. The highest BCUT2D eigenvalue weighted by molar-refractivity contribution is 6.08. The highest BCUT2D eigenvalue weighted by Gasteiger charge is 2.32. The highest BCUT2D eigenvalue weighted by atomic mass is 16.5. The van der Waals surface area contributed by atoms with Gasteiger partial charge in [-0.05, 0) is 18.6 Å². The normalized spacial score (nSPS) is 12.9. The molecule has 0 spiro atoms. The summed E-state index contributed by atoms with van der Waals surface area (Å²) >= 11 is 0. The number of carbonyl (C=O) groups is 2.